The van der Waals surface area contributed by atoms with Gasteiger partial charge in [0, 0.05) is 17.4 Å². The third-order valence-electron chi connectivity index (χ3n) is 4.65. The SMILES string of the molecule is CCCCSc1ncnc2c1c(-c1ccccc1)cn2-c1cccc(C)c1. The molecule has 0 bridgehead atoms. The van der Waals surface area contributed by atoms with E-state index in [1.54, 1.807) is 6.33 Å². The standard InChI is InChI=1S/C23H23N3S/c1-3-4-13-27-23-21-20(18-10-6-5-7-11-18)15-26(22(21)24-16-25-23)19-12-8-9-17(2)14-19/h5-12,14-16H,3-4,13H2,1-2H3. The van der Waals surface area contributed by atoms with Crippen LogP contribution in [0, 0.1) is 6.92 Å². The Balaban J connectivity index is 1.94. The molecule has 0 aliphatic rings. The van der Waals surface area contributed by atoms with Crippen molar-refractivity contribution >= 4 is 22.8 Å². The Morgan fingerprint density at radius 1 is 1.00 bits per heavy atom. The van der Waals surface area contributed by atoms with E-state index in [1.807, 2.05) is 11.8 Å². The molecule has 2 heterocycles. The number of aryl methyl sites for hydroxylation is 1. The molecule has 0 N–H and O–H groups in total. The topological polar surface area (TPSA) is 30.7 Å². The van der Waals surface area contributed by atoms with Crippen LogP contribution >= 0.6 is 11.8 Å². The van der Waals surface area contributed by atoms with Crippen LogP contribution in [0.25, 0.3) is 27.8 Å². The van der Waals surface area contributed by atoms with Crippen LogP contribution in [0.15, 0.2) is 72.1 Å². The molecule has 0 saturated carbocycles. The zero-order chi connectivity index (χ0) is 18.6. The highest BCUT2D eigenvalue weighted by atomic mass is 32.2. The average molecular weight is 374 g/mol. The summed E-state index contributed by atoms with van der Waals surface area (Å²) in [4.78, 5) is 9.29. The van der Waals surface area contributed by atoms with Crippen molar-refractivity contribution in [1.82, 2.24) is 14.5 Å². The van der Waals surface area contributed by atoms with Gasteiger partial charge >= 0.3 is 0 Å². The summed E-state index contributed by atoms with van der Waals surface area (Å²) in [5.41, 5.74) is 5.72. The second kappa shape index (κ2) is 7.97. The van der Waals surface area contributed by atoms with E-state index < -0.39 is 0 Å². The van der Waals surface area contributed by atoms with Gasteiger partial charge in [0.05, 0.1) is 5.39 Å². The van der Waals surface area contributed by atoms with Crippen LogP contribution in [0.5, 0.6) is 0 Å². The van der Waals surface area contributed by atoms with Gasteiger partial charge in [0.25, 0.3) is 0 Å². The number of benzene rings is 2. The predicted molar refractivity (Wildman–Crippen MR) is 115 cm³/mol. The molecule has 0 aliphatic heterocycles. The molecule has 0 fully saturated rings. The Bertz CT molecular complexity index is 1050. The number of rotatable bonds is 6. The molecule has 3 nitrogen and oxygen atoms in total. The smallest absolute Gasteiger partial charge is 0.149 e. The lowest BCUT2D eigenvalue weighted by Gasteiger charge is -2.06. The summed E-state index contributed by atoms with van der Waals surface area (Å²) in [7, 11) is 0. The number of fused-ring (bicyclic) bond motifs is 1. The number of aromatic nitrogens is 3. The van der Waals surface area contributed by atoms with E-state index in [2.05, 4.69) is 89.2 Å². The lowest BCUT2D eigenvalue weighted by atomic mass is 10.1. The second-order valence-corrected chi connectivity index (χ2v) is 7.78. The molecule has 0 unspecified atom stereocenters. The first-order valence-corrected chi connectivity index (χ1v) is 10.4. The zero-order valence-electron chi connectivity index (χ0n) is 15.7. The first-order valence-electron chi connectivity index (χ1n) is 9.39. The summed E-state index contributed by atoms with van der Waals surface area (Å²) < 4.78 is 2.19. The average Bonchev–Trinajstić information content (AvgIpc) is 3.09. The van der Waals surface area contributed by atoms with E-state index in [-0.39, 0.29) is 0 Å². The third kappa shape index (κ3) is 3.62. The molecule has 4 aromatic rings. The summed E-state index contributed by atoms with van der Waals surface area (Å²) in [6.45, 7) is 4.34. The fourth-order valence-electron chi connectivity index (χ4n) is 3.27. The van der Waals surface area contributed by atoms with E-state index in [4.69, 9.17) is 0 Å². The number of hydrogen-bond acceptors (Lipinski definition) is 3. The molecule has 0 saturated heterocycles. The molecule has 4 rings (SSSR count). The van der Waals surface area contributed by atoms with Crippen molar-refractivity contribution in [2.45, 2.75) is 31.7 Å². The zero-order valence-corrected chi connectivity index (χ0v) is 16.5. The largest absolute Gasteiger partial charge is 0.301 e. The maximum absolute atomic E-state index is 4.66. The van der Waals surface area contributed by atoms with Gasteiger partial charge in [-0.1, -0.05) is 55.8 Å². The van der Waals surface area contributed by atoms with Gasteiger partial charge in [-0.05, 0) is 42.4 Å². The van der Waals surface area contributed by atoms with Gasteiger partial charge in [0.15, 0.2) is 0 Å². The van der Waals surface area contributed by atoms with Gasteiger partial charge in [0.2, 0.25) is 0 Å². The van der Waals surface area contributed by atoms with Gasteiger partial charge < -0.3 is 4.57 Å². The molecular weight excluding hydrogens is 350 g/mol. The Kier molecular flexibility index (Phi) is 5.26. The van der Waals surface area contributed by atoms with E-state index in [1.165, 1.54) is 29.5 Å². The van der Waals surface area contributed by atoms with Gasteiger partial charge in [0.1, 0.15) is 17.0 Å². The van der Waals surface area contributed by atoms with Crippen molar-refractivity contribution in [3.8, 4) is 16.8 Å². The molecule has 0 amide bonds. The number of nitrogens with zero attached hydrogens (tertiary/aromatic N) is 3. The fourth-order valence-corrected chi connectivity index (χ4v) is 4.36. The van der Waals surface area contributed by atoms with Crippen molar-refractivity contribution in [3.05, 3.63) is 72.7 Å². The van der Waals surface area contributed by atoms with Crippen LogP contribution in [0.3, 0.4) is 0 Å². The van der Waals surface area contributed by atoms with Crippen LogP contribution in [-0.2, 0) is 0 Å². The van der Waals surface area contributed by atoms with Crippen LogP contribution < -0.4 is 0 Å². The van der Waals surface area contributed by atoms with Crippen molar-refractivity contribution in [3.63, 3.8) is 0 Å². The Labute approximate surface area is 164 Å². The molecule has 2 aromatic heterocycles. The van der Waals surface area contributed by atoms with Crippen molar-refractivity contribution in [2.75, 3.05) is 5.75 Å². The van der Waals surface area contributed by atoms with Gasteiger partial charge in [-0.15, -0.1) is 11.8 Å². The van der Waals surface area contributed by atoms with E-state index in [0.717, 1.165) is 27.5 Å². The first kappa shape index (κ1) is 17.8. The summed E-state index contributed by atoms with van der Waals surface area (Å²) in [6, 6.07) is 19.1. The van der Waals surface area contributed by atoms with Gasteiger partial charge in [-0.3, -0.25) is 0 Å². The summed E-state index contributed by atoms with van der Waals surface area (Å²) in [5, 5.41) is 2.21. The van der Waals surface area contributed by atoms with E-state index >= 15 is 0 Å². The minimum atomic E-state index is 0.966. The Morgan fingerprint density at radius 3 is 2.63 bits per heavy atom. The van der Waals surface area contributed by atoms with Crippen LogP contribution in [0.2, 0.25) is 0 Å². The molecule has 136 valence electrons. The maximum Gasteiger partial charge on any atom is 0.149 e. The first-order chi connectivity index (χ1) is 13.3. The maximum atomic E-state index is 4.66. The minimum absolute atomic E-state index is 0.966. The van der Waals surface area contributed by atoms with Crippen LogP contribution in [-0.4, -0.2) is 20.3 Å². The Morgan fingerprint density at radius 2 is 1.85 bits per heavy atom. The van der Waals surface area contributed by atoms with Crippen LogP contribution in [0.1, 0.15) is 25.3 Å². The Hall–Kier alpha value is -2.59. The summed E-state index contributed by atoms with van der Waals surface area (Å²) in [6.07, 6.45) is 6.28. The number of thioether (sulfide) groups is 1. The third-order valence-corrected chi connectivity index (χ3v) is 5.73. The fraction of sp³-hybridized carbons (Fsp3) is 0.217. The molecule has 0 atom stereocenters. The van der Waals surface area contributed by atoms with Gasteiger partial charge in [-0.25, -0.2) is 9.97 Å². The molecular formula is C23H23N3S. The van der Waals surface area contributed by atoms with Crippen LogP contribution in [0.4, 0.5) is 0 Å². The lowest BCUT2D eigenvalue weighted by molar-refractivity contribution is 0.894. The molecule has 2 aromatic carbocycles. The van der Waals surface area contributed by atoms with Crippen molar-refractivity contribution in [2.24, 2.45) is 0 Å². The monoisotopic (exact) mass is 373 g/mol. The van der Waals surface area contributed by atoms with E-state index in [9.17, 15) is 0 Å². The highest BCUT2D eigenvalue weighted by molar-refractivity contribution is 7.99. The summed E-state index contributed by atoms with van der Waals surface area (Å²) in [5.74, 6) is 1.08. The van der Waals surface area contributed by atoms with Crippen molar-refractivity contribution in [1.29, 1.82) is 0 Å². The van der Waals surface area contributed by atoms with E-state index in [0.29, 0.717) is 0 Å². The highest BCUT2D eigenvalue weighted by Crippen LogP contribution is 2.37. The lowest BCUT2D eigenvalue weighted by Crippen LogP contribution is -1.95. The second-order valence-electron chi connectivity index (χ2n) is 6.70. The molecule has 0 aliphatic carbocycles. The van der Waals surface area contributed by atoms with Gasteiger partial charge in [-0.2, -0.15) is 0 Å². The molecule has 4 heteroatoms. The summed E-state index contributed by atoms with van der Waals surface area (Å²) >= 11 is 1.83. The number of hydrogen-bond donors (Lipinski definition) is 0. The quantitative estimate of drug-likeness (QED) is 0.226. The molecule has 0 spiro atoms. The molecule has 27 heavy (non-hydrogen) atoms. The van der Waals surface area contributed by atoms with Crippen molar-refractivity contribution < 1.29 is 0 Å². The normalized spacial score (nSPS) is 11.2. The number of unbranched alkanes of at least 4 members (excludes halogenated alkanes) is 1. The molecule has 0 radical (unpaired) electrons. The highest BCUT2D eigenvalue weighted by Gasteiger charge is 2.17. The predicted octanol–water partition coefficient (Wildman–Crippen LogP) is 6.29. The minimum Gasteiger partial charge on any atom is -0.301 e.